The van der Waals surface area contributed by atoms with Crippen molar-refractivity contribution in [3.05, 3.63) is 34.5 Å². The Balaban J connectivity index is 2.41. The number of esters is 1. The summed E-state index contributed by atoms with van der Waals surface area (Å²) in [6.45, 7) is 7.43. The van der Waals surface area contributed by atoms with E-state index in [2.05, 4.69) is 5.32 Å². The summed E-state index contributed by atoms with van der Waals surface area (Å²) >= 11 is 1.23. The molecule has 1 amide bonds. The predicted octanol–water partition coefficient (Wildman–Crippen LogP) is 3.18. The highest BCUT2D eigenvalue weighted by atomic mass is 32.1. The van der Waals surface area contributed by atoms with Gasteiger partial charge in [0.2, 0.25) is 5.91 Å². The fraction of sp³-hybridized carbons (Fsp3) is 0.444. The van der Waals surface area contributed by atoms with E-state index in [9.17, 15) is 14.0 Å². The quantitative estimate of drug-likeness (QED) is 0.729. The monoisotopic (exact) mass is 366 g/mol. The van der Waals surface area contributed by atoms with Crippen molar-refractivity contribution in [3.63, 3.8) is 0 Å². The number of rotatable bonds is 8. The molecular formula is C18H23FN2O3S. The third-order valence-electron chi connectivity index (χ3n) is 3.79. The first-order valence-electron chi connectivity index (χ1n) is 8.37. The van der Waals surface area contributed by atoms with Crippen molar-refractivity contribution in [2.75, 3.05) is 26.2 Å². The third kappa shape index (κ3) is 4.55. The Morgan fingerprint density at radius 2 is 2.04 bits per heavy atom. The third-order valence-corrected chi connectivity index (χ3v) is 4.97. The van der Waals surface area contributed by atoms with Gasteiger partial charge in [0.25, 0.3) is 0 Å². The van der Waals surface area contributed by atoms with Crippen LogP contribution in [-0.2, 0) is 16.1 Å². The number of amides is 1. The Hall–Kier alpha value is -1.99. The van der Waals surface area contributed by atoms with Gasteiger partial charge in [-0.05, 0) is 32.5 Å². The molecule has 0 fully saturated rings. The van der Waals surface area contributed by atoms with E-state index in [1.54, 1.807) is 19.1 Å². The molecule has 0 atom stereocenters. The number of thiophene rings is 1. The van der Waals surface area contributed by atoms with Crippen molar-refractivity contribution in [2.24, 2.45) is 0 Å². The smallest absolute Gasteiger partial charge is 0.348 e. The maximum atomic E-state index is 14.4. The van der Waals surface area contributed by atoms with E-state index in [1.165, 1.54) is 17.4 Å². The number of halogens is 1. The topological polar surface area (TPSA) is 58.6 Å². The Morgan fingerprint density at radius 3 is 2.68 bits per heavy atom. The van der Waals surface area contributed by atoms with Gasteiger partial charge in [0.05, 0.1) is 13.2 Å². The second kappa shape index (κ2) is 8.92. The van der Waals surface area contributed by atoms with Gasteiger partial charge in [-0.1, -0.05) is 13.0 Å². The Morgan fingerprint density at radius 1 is 1.28 bits per heavy atom. The minimum absolute atomic E-state index is 0.0953. The van der Waals surface area contributed by atoms with Gasteiger partial charge in [-0.15, -0.1) is 11.3 Å². The highest BCUT2D eigenvalue weighted by Gasteiger charge is 2.23. The maximum absolute atomic E-state index is 14.4. The summed E-state index contributed by atoms with van der Waals surface area (Å²) in [6.07, 6.45) is 0. The number of fused-ring (bicyclic) bond motifs is 1. The fourth-order valence-corrected chi connectivity index (χ4v) is 3.76. The zero-order valence-corrected chi connectivity index (χ0v) is 15.5. The standard InChI is InChI=1S/C18H23FN2O3S/c1-4-20-15(22)11-21(5-2)10-12-16-13(19)8-7-9-14(16)25-17(12)18(23)24-6-3/h7-9H,4-6,10-11H2,1-3H3,(H,20,22). The zero-order valence-electron chi connectivity index (χ0n) is 14.7. The molecule has 7 heteroatoms. The number of carbonyl (C=O) groups is 2. The normalized spacial score (nSPS) is 11.1. The molecule has 1 aromatic carbocycles. The number of hydrogen-bond acceptors (Lipinski definition) is 5. The number of nitrogens with one attached hydrogen (secondary N) is 1. The lowest BCUT2D eigenvalue weighted by atomic mass is 10.1. The van der Waals surface area contributed by atoms with Crippen LogP contribution in [0.5, 0.6) is 0 Å². The van der Waals surface area contributed by atoms with Crippen LogP contribution in [-0.4, -0.2) is 43.0 Å². The molecule has 0 bridgehead atoms. The summed E-state index contributed by atoms with van der Waals surface area (Å²) < 4.78 is 20.2. The van der Waals surface area contributed by atoms with Crippen LogP contribution in [0.1, 0.15) is 36.0 Å². The van der Waals surface area contributed by atoms with Gasteiger partial charge in [-0.2, -0.15) is 0 Å². The first kappa shape index (κ1) is 19.3. The molecule has 2 rings (SSSR count). The van der Waals surface area contributed by atoms with Crippen molar-refractivity contribution in [2.45, 2.75) is 27.3 Å². The van der Waals surface area contributed by atoms with E-state index in [0.717, 1.165) is 0 Å². The molecule has 2 aromatic rings. The number of nitrogens with zero attached hydrogens (tertiary/aromatic N) is 1. The summed E-state index contributed by atoms with van der Waals surface area (Å²) in [5, 5.41) is 3.19. The van der Waals surface area contributed by atoms with Crippen LogP contribution in [0.25, 0.3) is 10.1 Å². The van der Waals surface area contributed by atoms with Gasteiger partial charge in [0.15, 0.2) is 0 Å². The van der Waals surface area contributed by atoms with Crippen molar-refractivity contribution in [1.82, 2.24) is 10.2 Å². The first-order valence-corrected chi connectivity index (χ1v) is 9.19. The number of ether oxygens (including phenoxy) is 1. The molecule has 0 radical (unpaired) electrons. The number of likely N-dealkylation sites (N-methyl/N-ethyl adjacent to an activating group) is 2. The molecule has 0 aliphatic carbocycles. The van der Waals surface area contributed by atoms with Crippen LogP contribution in [0.2, 0.25) is 0 Å². The average molecular weight is 366 g/mol. The van der Waals surface area contributed by atoms with E-state index < -0.39 is 5.97 Å². The number of carbonyl (C=O) groups excluding carboxylic acids is 2. The molecular weight excluding hydrogens is 343 g/mol. The molecule has 0 spiro atoms. The van der Waals surface area contributed by atoms with Crippen LogP contribution in [0.15, 0.2) is 18.2 Å². The van der Waals surface area contributed by atoms with Crippen molar-refractivity contribution < 1.29 is 18.7 Å². The van der Waals surface area contributed by atoms with Gasteiger partial charge < -0.3 is 10.1 Å². The largest absolute Gasteiger partial charge is 0.462 e. The van der Waals surface area contributed by atoms with E-state index in [1.807, 2.05) is 18.7 Å². The molecule has 25 heavy (non-hydrogen) atoms. The maximum Gasteiger partial charge on any atom is 0.348 e. The lowest BCUT2D eigenvalue weighted by Gasteiger charge is -2.20. The van der Waals surface area contributed by atoms with Crippen LogP contribution in [0, 0.1) is 5.82 Å². The fourth-order valence-electron chi connectivity index (χ4n) is 2.64. The SMILES string of the molecule is CCNC(=O)CN(CC)Cc1c(C(=O)OCC)sc2cccc(F)c12. The molecule has 0 saturated carbocycles. The van der Waals surface area contributed by atoms with Gasteiger partial charge in [0.1, 0.15) is 10.7 Å². The lowest BCUT2D eigenvalue weighted by molar-refractivity contribution is -0.122. The Bertz CT molecular complexity index is 760. The van der Waals surface area contributed by atoms with E-state index in [0.29, 0.717) is 40.2 Å². The average Bonchev–Trinajstić information content (AvgIpc) is 2.94. The van der Waals surface area contributed by atoms with Crippen LogP contribution < -0.4 is 5.32 Å². The molecule has 1 aromatic heterocycles. The van der Waals surface area contributed by atoms with Crippen molar-refractivity contribution in [3.8, 4) is 0 Å². The van der Waals surface area contributed by atoms with E-state index >= 15 is 0 Å². The second-order valence-corrected chi connectivity index (χ2v) is 6.55. The molecule has 1 heterocycles. The summed E-state index contributed by atoms with van der Waals surface area (Å²) in [5.41, 5.74) is 0.586. The highest BCUT2D eigenvalue weighted by molar-refractivity contribution is 7.21. The minimum Gasteiger partial charge on any atom is -0.462 e. The highest BCUT2D eigenvalue weighted by Crippen LogP contribution is 2.34. The molecule has 0 aliphatic heterocycles. The van der Waals surface area contributed by atoms with Gasteiger partial charge in [0, 0.05) is 28.7 Å². The molecule has 0 unspecified atom stereocenters. The summed E-state index contributed by atoms with van der Waals surface area (Å²) in [7, 11) is 0. The second-order valence-electron chi connectivity index (χ2n) is 5.50. The van der Waals surface area contributed by atoms with Crippen LogP contribution in [0.4, 0.5) is 4.39 Å². The van der Waals surface area contributed by atoms with Gasteiger partial charge >= 0.3 is 5.97 Å². The van der Waals surface area contributed by atoms with E-state index in [-0.39, 0.29) is 24.9 Å². The number of hydrogen-bond donors (Lipinski definition) is 1. The lowest BCUT2D eigenvalue weighted by Crippen LogP contribution is -2.36. The molecule has 0 saturated heterocycles. The molecule has 0 aliphatic rings. The minimum atomic E-state index is -0.452. The Kier molecular flexibility index (Phi) is 6.90. The molecule has 136 valence electrons. The van der Waals surface area contributed by atoms with E-state index in [4.69, 9.17) is 4.74 Å². The predicted molar refractivity (Wildman–Crippen MR) is 97.4 cm³/mol. The van der Waals surface area contributed by atoms with Gasteiger partial charge in [-0.3, -0.25) is 9.69 Å². The molecule has 5 nitrogen and oxygen atoms in total. The zero-order chi connectivity index (χ0) is 18.4. The van der Waals surface area contributed by atoms with Crippen LogP contribution in [0.3, 0.4) is 0 Å². The van der Waals surface area contributed by atoms with Crippen molar-refractivity contribution >= 4 is 33.3 Å². The number of benzene rings is 1. The van der Waals surface area contributed by atoms with Gasteiger partial charge in [-0.25, -0.2) is 9.18 Å². The first-order chi connectivity index (χ1) is 12.0. The van der Waals surface area contributed by atoms with Crippen molar-refractivity contribution in [1.29, 1.82) is 0 Å². The summed E-state index contributed by atoms with van der Waals surface area (Å²) in [6, 6.07) is 4.79. The van der Waals surface area contributed by atoms with Crippen LogP contribution >= 0.6 is 11.3 Å². The Labute approximate surface area is 150 Å². The molecule has 1 N–H and O–H groups in total. The summed E-state index contributed by atoms with van der Waals surface area (Å²) in [4.78, 5) is 26.5. The summed E-state index contributed by atoms with van der Waals surface area (Å²) in [5.74, 6) is -0.914.